The Hall–Kier alpha value is -0.120. The number of hydrogen-bond donors (Lipinski definition) is 1. The van der Waals surface area contributed by atoms with Crippen LogP contribution in [0.2, 0.25) is 0 Å². The molecule has 0 bridgehead atoms. The molecule has 1 heterocycles. The van der Waals surface area contributed by atoms with Crippen molar-refractivity contribution >= 4 is 0 Å². The predicted molar refractivity (Wildman–Crippen MR) is 68.7 cm³/mol. The quantitative estimate of drug-likeness (QED) is 0.771. The molecular weight excluding hydrogens is 200 g/mol. The minimum absolute atomic E-state index is 0.296. The van der Waals surface area contributed by atoms with Crippen LogP contribution in [0.4, 0.5) is 0 Å². The normalized spacial score (nSPS) is 20.2. The highest BCUT2D eigenvalue weighted by molar-refractivity contribution is 4.72. The average molecular weight is 228 g/mol. The fourth-order valence-corrected chi connectivity index (χ4v) is 2.21. The van der Waals surface area contributed by atoms with Crippen molar-refractivity contribution in [3.05, 3.63) is 0 Å². The van der Waals surface area contributed by atoms with Gasteiger partial charge in [-0.2, -0.15) is 0 Å². The Balaban J connectivity index is 2.08. The number of hydrogen-bond acceptors (Lipinski definition) is 3. The maximum Gasteiger partial charge on any atom is 0.0558 e. The topological polar surface area (TPSA) is 26.7 Å². The highest BCUT2D eigenvalue weighted by atomic mass is 16.3. The Kier molecular flexibility index (Phi) is 5.73. The van der Waals surface area contributed by atoms with E-state index in [-0.39, 0.29) is 0 Å². The molecule has 96 valence electrons. The molecule has 1 aliphatic rings. The molecule has 0 spiro atoms. The minimum atomic E-state index is 0.296. The van der Waals surface area contributed by atoms with E-state index in [1.807, 2.05) is 0 Å². The Morgan fingerprint density at radius 1 is 0.938 bits per heavy atom. The molecule has 3 heteroatoms. The van der Waals surface area contributed by atoms with E-state index in [1.165, 1.54) is 32.5 Å². The van der Waals surface area contributed by atoms with Gasteiger partial charge in [0.1, 0.15) is 0 Å². The molecule has 1 N–H and O–H groups in total. The van der Waals surface area contributed by atoms with Gasteiger partial charge < -0.3 is 10.0 Å². The van der Waals surface area contributed by atoms with Gasteiger partial charge >= 0.3 is 0 Å². The lowest BCUT2D eigenvalue weighted by molar-refractivity contribution is 0.109. The first-order chi connectivity index (χ1) is 7.51. The first kappa shape index (κ1) is 13.9. The second-order valence-electron chi connectivity index (χ2n) is 6.07. The third kappa shape index (κ3) is 5.83. The second-order valence-corrected chi connectivity index (χ2v) is 6.07. The van der Waals surface area contributed by atoms with Crippen LogP contribution in [0.5, 0.6) is 0 Å². The molecule has 0 amide bonds. The largest absolute Gasteiger partial charge is 0.395 e. The van der Waals surface area contributed by atoms with Crippen LogP contribution in [0.25, 0.3) is 0 Å². The third-order valence-electron chi connectivity index (χ3n) is 3.28. The number of rotatable bonds is 5. The highest BCUT2D eigenvalue weighted by Crippen LogP contribution is 2.20. The first-order valence-electron chi connectivity index (χ1n) is 6.57. The maximum absolute atomic E-state index is 8.86. The van der Waals surface area contributed by atoms with Gasteiger partial charge in [0.25, 0.3) is 0 Å². The van der Waals surface area contributed by atoms with Gasteiger partial charge in [-0.25, -0.2) is 0 Å². The summed E-state index contributed by atoms with van der Waals surface area (Å²) in [5.74, 6) is 0. The van der Waals surface area contributed by atoms with E-state index in [4.69, 9.17) is 5.11 Å². The fraction of sp³-hybridized carbons (Fsp3) is 1.00. The van der Waals surface area contributed by atoms with Crippen molar-refractivity contribution < 1.29 is 5.11 Å². The SMILES string of the molecule is CC(C)(C)CCCN1CCN(CCO)CC1. The zero-order chi connectivity index (χ0) is 12.0. The smallest absolute Gasteiger partial charge is 0.0558 e. The number of nitrogens with zero attached hydrogens (tertiary/aromatic N) is 2. The molecule has 0 unspecified atom stereocenters. The molecule has 1 aliphatic heterocycles. The Morgan fingerprint density at radius 2 is 1.44 bits per heavy atom. The second kappa shape index (κ2) is 6.58. The van der Waals surface area contributed by atoms with Crippen molar-refractivity contribution in [2.45, 2.75) is 33.6 Å². The van der Waals surface area contributed by atoms with E-state index in [1.54, 1.807) is 0 Å². The minimum Gasteiger partial charge on any atom is -0.395 e. The van der Waals surface area contributed by atoms with Gasteiger partial charge in [0.15, 0.2) is 0 Å². The van der Waals surface area contributed by atoms with Crippen LogP contribution >= 0.6 is 0 Å². The van der Waals surface area contributed by atoms with Crippen molar-refractivity contribution in [2.24, 2.45) is 5.41 Å². The van der Waals surface area contributed by atoms with E-state index < -0.39 is 0 Å². The summed E-state index contributed by atoms with van der Waals surface area (Å²) in [4.78, 5) is 4.90. The molecule has 0 radical (unpaired) electrons. The molecule has 1 rings (SSSR count). The highest BCUT2D eigenvalue weighted by Gasteiger charge is 2.16. The van der Waals surface area contributed by atoms with E-state index in [9.17, 15) is 0 Å². The summed E-state index contributed by atoms with van der Waals surface area (Å²) < 4.78 is 0. The zero-order valence-electron chi connectivity index (χ0n) is 11.2. The molecule has 3 nitrogen and oxygen atoms in total. The summed E-state index contributed by atoms with van der Waals surface area (Å²) >= 11 is 0. The Morgan fingerprint density at radius 3 is 1.88 bits per heavy atom. The van der Waals surface area contributed by atoms with Crippen LogP contribution in [-0.2, 0) is 0 Å². The molecule has 0 aromatic rings. The van der Waals surface area contributed by atoms with Gasteiger partial charge in [-0.15, -0.1) is 0 Å². The average Bonchev–Trinajstić information content (AvgIpc) is 2.19. The summed E-state index contributed by atoms with van der Waals surface area (Å²) in [5, 5.41) is 8.86. The van der Waals surface area contributed by atoms with E-state index in [2.05, 4.69) is 30.6 Å². The molecule has 1 fully saturated rings. The molecule has 0 atom stereocenters. The summed E-state index contributed by atoms with van der Waals surface area (Å²) in [6.45, 7) is 13.9. The lowest BCUT2D eigenvalue weighted by Crippen LogP contribution is -2.47. The van der Waals surface area contributed by atoms with Crippen molar-refractivity contribution in [2.75, 3.05) is 45.9 Å². The lowest BCUT2D eigenvalue weighted by atomic mass is 9.90. The summed E-state index contributed by atoms with van der Waals surface area (Å²) in [5.41, 5.74) is 0.471. The molecular formula is C13H28N2O. The first-order valence-corrected chi connectivity index (χ1v) is 6.57. The molecule has 0 aromatic carbocycles. The van der Waals surface area contributed by atoms with Gasteiger partial charge in [0, 0.05) is 32.7 Å². The monoisotopic (exact) mass is 228 g/mol. The van der Waals surface area contributed by atoms with Crippen molar-refractivity contribution in [1.82, 2.24) is 9.80 Å². The number of β-amino-alcohol motifs (C(OH)–C–C–N with tert-alkyl or cyclic N) is 1. The van der Waals surface area contributed by atoms with Gasteiger partial charge in [-0.3, -0.25) is 4.90 Å². The van der Waals surface area contributed by atoms with Crippen LogP contribution < -0.4 is 0 Å². The molecule has 1 saturated heterocycles. The summed E-state index contributed by atoms with van der Waals surface area (Å²) in [7, 11) is 0. The number of aliphatic hydroxyl groups is 1. The predicted octanol–water partition coefficient (Wildman–Crippen LogP) is 1.42. The van der Waals surface area contributed by atoms with E-state index in [0.717, 1.165) is 19.6 Å². The van der Waals surface area contributed by atoms with Crippen LogP contribution in [0.15, 0.2) is 0 Å². The van der Waals surface area contributed by atoms with Crippen molar-refractivity contribution in [1.29, 1.82) is 0 Å². The van der Waals surface area contributed by atoms with Crippen LogP contribution in [0.3, 0.4) is 0 Å². The van der Waals surface area contributed by atoms with Crippen molar-refractivity contribution in [3.63, 3.8) is 0 Å². The van der Waals surface area contributed by atoms with Gasteiger partial charge in [-0.1, -0.05) is 20.8 Å². The van der Waals surface area contributed by atoms with Crippen LogP contribution in [0.1, 0.15) is 33.6 Å². The molecule has 0 saturated carbocycles. The van der Waals surface area contributed by atoms with Gasteiger partial charge in [0.05, 0.1) is 6.61 Å². The Bertz CT molecular complexity index is 181. The standard InChI is InChI=1S/C13H28N2O/c1-13(2,3)5-4-6-14-7-9-15(10-8-14)11-12-16/h16H,4-12H2,1-3H3. The van der Waals surface area contributed by atoms with E-state index >= 15 is 0 Å². The molecule has 0 aliphatic carbocycles. The lowest BCUT2D eigenvalue weighted by Gasteiger charge is -2.34. The zero-order valence-corrected chi connectivity index (χ0v) is 11.2. The van der Waals surface area contributed by atoms with Crippen molar-refractivity contribution in [3.8, 4) is 0 Å². The number of aliphatic hydroxyl groups excluding tert-OH is 1. The van der Waals surface area contributed by atoms with Gasteiger partial charge in [0.2, 0.25) is 0 Å². The van der Waals surface area contributed by atoms with Crippen LogP contribution in [0, 0.1) is 5.41 Å². The molecule has 0 aromatic heterocycles. The maximum atomic E-state index is 8.86. The molecule has 16 heavy (non-hydrogen) atoms. The Labute approximate surface area is 100 Å². The fourth-order valence-electron chi connectivity index (χ4n) is 2.21. The summed E-state index contributed by atoms with van der Waals surface area (Å²) in [6, 6.07) is 0. The van der Waals surface area contributed by atoms with E-state index in [0.29, 0.717) is 12.0 Å². The van der Waals surface area contributed by atoms with Crippen LogP contribution in [-0.4, -0.2) is 60.8 Å². The number of piperazine rings is 1. The summed E-state index contributed by atoms with van der Waals surface area (Å²) in [6.07, 6.45) is 2.62. The van der Waals surface area contributed by atoms with Gasteiger partial charge in [-0.05, 0) is 24.8 Å². The third-order valence-corrected chi connectivity index (χ3v) is 3.28.